The van der Waals surface area contributed by atoms with Crippen LogP contribution in [0.1, 0.15) is 23.6 Å². The number of nitrogens with zero attached hydrogens (tertiary/aromatic N) is 1. The number of carbonyl (C=O) groups is 1. The van der Waals surface area contributed by atoms with Gasteiger partial charge in [-0.2, -0.15) is 0 Å². The standard InChI is InChI=1S/C21H21BrNO4/c1-3-26-21(24)19-18(14-7-5-4-6-8-14)16-10-9-15(27-12-11-22)13-17(16)20(19)23(2)25/h4-10,13,25H,3,11-12H2,1-2H3/q+1. The Morgan fingerprint density at radius 2 is 1.89 bits per heavy atom. The van der Waals surface area contributed by atoms with Crippen LogP contribution < -0.4 is 4.74 Å². The Morgan fingerprint density at radius 1 is 1.15 bits per heavy atom. The number of alkyl halides is 1. The van der Waals surface area contributed by atoms with Gasteiger partial charge in [0.2, 0.25) is 0 Å². The van der Waals surface area contributed by atoms with Crippen LogP contribution in [0.2, 0.25) is 0 Å². The predicted octanol–water partition coefficient (Wildman–Crippen LogP) is 3.66. The summed E-state index contributed by atoms with van der Waals surface area (Å²) in [5, 5.41) is 11.0. The van der Waals surface area contributed by atoms with Crippen LogP contribution >= 0.6 is 15.9 Å². The highest BCUT2D eigenvalue weighted by Crippen LogP contribution is 2.39. The van der Waals surface area contributed by atoms with Crippen LogP contribution in [0.15, 0.2) is 54.1 Å². The van der Waals surface area contributed by atoms with Gasteiger partial charge in [-0.1, -0.05) is 46.3 Å². The van der Waals surface area contributed by atoms with E-state index in [0.29, 0.717) is 29.0 Å². The number of ether oxygens (including phenoxy) is 2. The van der Waals surface area contributed by atoms with E-state index in [1.165, 1.54) is 7.05 Å². The predicted molar refractivity (Wildman–Crippen MR) is 107 cm³/mol. The van der Waals surface area contributed by atoms with Crippen LogP contribution in [-0.4, -0.2) is 47.2 Å². The highest BCUT2D eigenvalue weighted by Gasteiger charge is 2.40. The summed E-state index contributed by atoms with van der Waals surface area (Å²) in [5.41, 5.74) is 3.97. The molecule has 0 saturated carbocycles. The topological polar surface area (TPSA) is 58.8 Å². The summed E-state index contributed by atoms with van der Waals surface area (Å²) in [4.78, 5) is 12.8. The second kappa shape index (κ2) is 8.39. The molecule has 1 N–H and O–H groups in total. The summed E-state index contributed by atoms with van der Waals surface area (Å²) in [6, 6.07) is 15.3. The summed E-state index contributed by atoms with van der Waals surface area (Å²) in [5.74, 6) is 0.205. The molecule has 3 rings (SSSR count). The van der Waals surface area contributed by atoms with Crippen molar-refractivity contribution in [1.82, 2.24) is 0 Å². The Morgan fingerprint density at radius 3 is 2.52 bits per heavy atom. The van der Waals surface area contributed by atoms with Crippen molar-refractivity contribution in [3.63, 3.8) is 0 Å². The Bertz CT molecular complexity index is 915. The molecule has 2 aromatic carbocycles. The zero-order chi connectivity index (χ0) is 19.4. The Balaban J connectivity index is 2.24. The third-order valence-electron chi connectivity index (χ3n) is 4.21. The number of rotatable bonds is 6. The second-order valence-corrected chi connectivity index (χ2v) is 6.75. The number of benzene rings is 2. The molecule has 2 aromatic rings. The quantitative estimate of drug-likeness (QED) is 0.249. The summed E-state index contributed by atoms with van der Waals surface area (Å²) in [6.07, 6.45) is 0. The van der Waals surface area contributed by atoms with Crippen LogP contribution in [-0.2, 0) is 9.53 Å². The van der Waals surface area contributed by atoms with Crippen molar-refractivity contribution in [2.45, 2.75) is 6.92 Å². The molecule has 0 aliphatic heterocycles. The minimum atomic E-state index is -0.466. The molecule has 0 atom stereocenters. The molecule has 6 heteroatoms. The summed E-state index contributed by atoms with van der Waals surface area (Å²) < 4.78 is 12.0. The molecule has 1 aliphatic carbocycles. The van der Waals surface area contributed by atoms with E-state index in [1.807, 2.05) is 48.5 Å². The van der Waals surface area contributed by atoms with E-state index >= 15 is 0 Å². The fourth-order valence-corrected chi connectivity index (χ4v) is 3.38. The van der Waals surface area contributed by atoms with Crippen molar-refractivity contribution in [2.75, 3.05) is 25.6 Å². The minimum absolute atomic E-state index is 0.253. The third-order valence-corrected chi connectivity index (χ3v) is 4.54. The molecule has 140 valence electrons. The van der Waals surface area contributed by atoms with Crippen molar-refractivity contribution < 1.29 is 24.2 Å². The van der Waals surface area contributed by atoms with E-state index in [0.717, 1.165) is 27.0 Å². The summed E-state index contributed by atoms with van der Waals surface area (Å²) in [6.45, 7) is 2.53. The lowest BCUT2D eigenvalue weighted by Crippen LogP contribution is -2.22. The molecule has 0 amide bonds. The lowest BCUT2D eigenvalue weighted by Gasteiger charge is -2.08. The number of fused-ring (bicyclic) bond motifs is 1. The van der Waals surface area contributed by atoms with Crippen molar-refractivity contribution in [3.8, 4) is 5.75 Å². The Hall–Kier alpha value is -2.60. The average Bonchev–Trinajstić information content (AvgIpc) is 3.02. The van der Waals surface area contributed by atoms with E-state index in [-0.39, 0.29) is 6.61 Å². The SMILES string of the molecule is CCOC(=O)C1=C(c2ccccc2)c2ccc(OCCBr)cc2C1=[N+](C)O. The molecule has 0 unspecified atom stereocenters. The van der Waals surface area contributed by atoms with E-state index in [1.54, 1.807) is 6.92 Å². The number of hydroxylamine groups is 1. The zero-order valence-corrected chi connectivity index (χ0v) is 16.8. The van der Waals surface area contributed by atoms with Gasteiger partial charge in [-0.05, 0) is 41.0 Å². The molecule has 1 aliphatic rings. The van der Waals surface area contributed by atoms with Gasteiger partial charge in [0.05, 0.1) is 18.8 Å². The summed E-state index contributed by atoms with van der Waals surface area (Å²) >= 11 is 3.34. The molecule has 27 heavy (non-hydrogen) atoms. The van der Waals surface area contributed by atoms with Gasteiger partial charge in [0.15, 0.2) is 7.05 Å². The van der Waals surface area contributed by atoms with Gasteiger partial charge in [0.1, 0.15) is 11.3 Å². The van der Waals surface area contributed by atoms with Crippen LogP contribution in [0.5, 0.6) is 5.75 Å². The monoisotopic (exact) mass is 430 g/mol. The third kappa shape index (κ3) is 3.76. The van der Waals surface area contributed by atoms with E-state index in [9.17, 15) is 10.0 Å². The molecule has 0 radical (unpaired) electrons. The van der Waals surface area contributed by atoms with Crippen LogP contribution in [0.25, 0.3) is 5.57 Å². The molecule has 5 nitrogen and oxygen atoms in total. The lowest BCUT2D eigenvalue weighted by atomic mass is 9.97. The maximum atomic E-state index is 12.8. The van der Waals surface area contributed by atoms with Gasteiger partial charge in [-0.15, -0.1) is 0 Å². The fraction of sp³-hybridized carbons (Fsp3) is 0.238. The average molecular weight is 431 g/mol. The minimum Gasteiger partial charge on any atom is -0.493 e. The van der Waals surface area contributed by atoms with Crippen molar-refractivity contribution in [1.29, 1.82) is 0 Å². The number of halogens is 1. The van der Waals surface area contributed by atoms with Gasteiger partial charge < -0.3 is 9.47 Å². The number of hydrogen-bond acceptors (Lipinski definition) is 4. The highest BCUT2D eigenvalue weighted by molar-refractivity contribution is 9.09. The van der Waals surface area contributed by atoms with Gasteiger partial charge in [-0.25, -0.2) is 4.79 Å². The first-order chi connectivity index (χ1) is 13.1. The molecule has 0 spiro atoms. The molecule has 0 saturated heterocycles. The zero-order valence-electron chi connectivity index (χ0n) is 15.2. The van der Waals surface area contributed by atoms with E-state index in [2.05, 4.69) is 15.9 Å². The first-order valence-electron chi connectivity index (χ1n) is 8.68. The van der Waals surface area contributed by atoms with Crippen LogP contribution in [0, 0.1) is 0 Å². The highest BCUT2D eigenvalue weighted by atomic mass is 79.9. The normalized spacial score (nSPS) is 14.8. The van der Waals surface area contributed by atoms with Gasteiger partial charge in [0.25, 0.3) is 5.71 Å². The number of carbonyl (C=O) groups excluding carboxylic acids is 1. The number of hydrogen-bond donors (Lipinski definition) is 1. The summed E-state index contributed by atoms with van der Waals surface area (Å²) in [7, 11) is 1.50. The first-order valence-corrected chi connectivity index (χ1v) is 9.81. The van der Waals surface area contributed by atoms with Crippen molar-refractivity contribution >= 4 is 33.2 Å². The molecule has 0 heterocycles. The number of esters is 1. The molecule has 0 aromatic heterocycles. The van der Waals surface area contributed by atoms with E-state index < -0.39 is 5.97 Å². The Labute approximate surface area is 166 Å². The fourth-order valence-electron chi connectivity index (χ4n) is 3.21. The largest absolute Gasteiger partial charge is 0.493 e. The molecule has 0 bridgehead atoms. The smallest absolute Gasteiger partial charge is 0.345 e. The van der Waals surface area contributed by atoms with Gasteiger partial charge in [-0.3, -0.25) is 5.21 Å². The van der Waals surface area contributed by atoms with Crippen molar-refractivity contribution in [3.05, 3.63) is 70.8 Å². The maximum absolute atomic E-state index is 12.8. The maximum Gasteiger partial charge on any atom is 0.345 e. The molecular formula is C21H21BrNO4+. The molecular weight excluding hydrogens is 410 g/mol. The van der Waals surface area contributed by atoms with Crippen molar-refractivity contribution in [2.24, 2.45) is 0 Å². The van der Waals surface area contributed by atoms with E-state index in [4.69, 9.17) is 9.47 Å². The van der Waals surface area contributed by atoms with Crippen LogP contribution in [0.3, 0.4) is 0 Å². The van der Waals surface area contributed by atoms with Crippen LogP contribution in [0.4, 0.5) is 0 Å². The Kier molecular flexibility index (Phi) is 5.96. The lowest BCUT2D eigenvalue weighted by molar-refractivity contribution is -0.753. The van der Waals surface area contributed by atoms with Gasteiger partial charge in [0, 0.05) is 10.9 Å². The second-order valence-electron chi connectivity index (χ2n) is 5.95. The van der Waals surface area contributed by atoms with Gasteiger partial charge >= 0.3 is 5.97 Å². The first kappa shape index (κ1) is 19.2. The molecule has 0 fully saturated rings.